The van der Waals surface area contributed by atoms with Crippen LogP contribution in [0.3, 0.4) is 0 Å². The lowest BCUT2D eigenvalue weighted by atomic mass is 9.83. The quantitative estimate of drug-likeness (QED) is 0.499. The third-order valence-electron chi connectivity index (χ3n) is 4.96. The molecule has 0 aromatic heterocycles. The van der Waals surface area contributed by atoms with E-state index in [9.17, 15) is 4.79 Å². The van der Waals surface area contributed by atoms with Crippen LogP contribution >= 0.6 is 12.2 Å². The van der Waals surface area contributed by atoms with Crippen LogP contribution in [-0.2, 0) is 4.79 Å². The fraction of sp³-hybridized carbons (Fsp3) is 0.900. The topological polar surface area (TPSA) is 44.4 Å². The number of hydrogen-bond acceptors (Lipinski definition) is 2. The number of amides is 1. The van der Waals surface area contributed by atoms with E-state index in [0.29, 0.717) is 23.4 Å². The van der Waals surface area contributed by atoms with E-state index in [4.69, 9.17) is 12.2 Å². The second-order valence-electron chi connectivity index (χ2n) is 8.60. The Bertz CT molecular complexity index is 420. The number of nitrogens with one attached hydrogen (secondary N) is 2. The van der Waals surface area contributed by atoms with Gasteiger partial charge in [0.25, 0.3) is 0 Å². The zero-order valence-corrected chi connectivity index (χ0v) is 17.8. The summed E-state index contributed by atoms with van der Waals surface area (Å²) in [4.78, 5) is 14.5. The Morgan fingerprint density at radius 1 is 1.24 bits per heavy atom. The lowest BCUT2D eigenvalue weighted by Crippen LogP contribution is -2.46. The average molecular weight is 370 g/mol. The minimum atomic E-state index is -0.0139. The Morgan fingerprint density at radius 3 is 2.56 bits per heavy atom. The molecule has 0 spiro atoms. The normalized spacial score (nSPS) is 21.1. The molecule has 1 saturated heterocycles. The lowest BCUT2D eigenvalue weighted by molar-refractivity contribution is -0.133. The van der Waals surface area contributed by atoms with Gasteiger partial charge in [0.1, 0.15) is 0 Å². The maximum atomic E-state index is 12.4. The van der Waals surface area contributed by atoms with Crippen molar-refractivity contribution in [1.29, 1.82) is 0 Å². The molecule has 0 aromatic rings. The van der Waals surface area contributed by atoms with Gasteiger partial charge in [0.15, 0.2) is 5.11 Å². The van der Waals surface area contributed by atoms with Crippen molar-refractivity contribution in [3.63, 3.8) is 0 Å². The van der Waals surface area contributed by atoms with Gasteiger partial charge < -0.3 is 15.5 Å². The molecule has 2 N–H and O–H groups in total. The first kappa shape index (κ1) is 22.2. The highest BCUT2D eigenvalue weighted by Gasteiger charge is 2.27. The Balaban J connectivity index is 2.16. The van der Waals surface area contributed by atoms with E-state index in [1.54, 1.807) is 0 Å². The summed E-state index contributed by atoms with van der Waals surface area (Å²) >= 11 is 5.26. The van der Waals surface area contributed by atoms with Crippen molar-refractivity contribution in [2.75, 3.05) is 19.6 Å². The molecule has 0 aromatic carbocycles. The third kappa shape index (κ3) is 9.43. The summed E-state index contributed by atoms with van der Waals surface area (Å²) in [5.74, 6) is 1.78. The lowest BCUT2D eigenvalue weighted by Gasteiger charge is -2.37. The van der Waals surface area contributed by atoms with Gasteiger partial charge in [-0.2, -0.15) is 0 Å². The molecule has 1 aliphatic heterocycles. The van der Waals surface area contributed by atoms with Crippen LogP contribution in [0.2, 0.25) is 0 Å². The summed E-state index contributed by atoms with van der Waals surface area (Å²) in [5, 5.41) is 7.16. The van der Waals surface area contributed by atoms with Crippen molar-refractivity contribution in [1.82, 2.24) is 15.5 Å². The Kier molecular flexibility index (Phi) is 9.77. The van der Waals surface area contributed by atoms with E-state index < -0.39 is 0 Å². The number of unbranched alkanes of at least 4 members (excludes halogenated alkanes) is 2. The van der Waals surface area contributed by atoms with E-state index in [-0.39, 0.29) is 5.54 Å². The van der Waals surface area contributed by atoms with Gasteiger partial charge in [-0.3, -0.25) is 4.79 Å². The highest BCUT2D eigenvalue weighted by atomic mass is 32.1. The number of likely N-dealkylation sites (tertiary alicyclic amines) is 1. The number of hydrogen-bond donors (Lipinski definition) is 2. The molecule has 0 aliphatic carbocycles. The molecule has 5 heteroatoms. The van der Waals surface area contributed by atoms with Crippen LogP contribution in [0, 0.1) is 11.8 Å². The second kappa shape index (κ2) is 11.0. The predicted octanol–water partition coefficient (Wildman–Crippen LogP) is 4.09. The fourth-order valence-corrected chi connectivity index (χ4v) is 3.87. The number of carbonyl (C=O) groups excluding carboxylic acids is 1. The summed E-state index contributed by atoms with van der Waals surface area (Å²) in [5.41, 5.74) is -0.0139. The summed E-state index contributed by atoms with van der Waals surface area (Å²) in [6, 6.07) is 0. The predicted molar refractivity (Wildman–Crippen MR) is 111 cm³/mol. The van der Waals surface area contributed by atoms with E-state index in [1.165, 1.54) is 25.7 Å². The van der Waals surface area contributed by atoms with Gasteiger partial charge >= 0.3 is 0 Å². The molecule has 1 heterocycles. The van der Waals surface area contributed by atoms with Crippen LogP contribution < -0.4 is 10.6 Å². The van der Waals surface area contributed by atoms with Crippen LogP contribution in [-0.4, -0.2) is 41.1 Å². The van der Waals surface area contributed by atoms with Crippen molar-refractivity contribution in [3.8, 4) is 0 Å². The van der Waals surface area contributed by atoms with E-state index in [0.717, 1.165) is 38.4 Å². The van der Waals surface area contributed by atoms with Gasteiger partial charge in [-0.25, -0.2) is 0 Å². The van der Waals surface area contributed by atoms with E-state index in [1.807, 2.05) is 0 Å². The maximum absolute atomic E-state index is 12.4. The minimum absolute atomic E-state index is 0.0139. The smallest absolute Gasteiger partial charge is 0.222 e. The molecular weight excluding hydrogens is 330 g/mol. The number of carbonyl (C=O) groups is 1. The van der Waals surface area contributed by atoms with Crippen molar-refractivity contribution in [2.24, 2.45) is 11.8 Å². The van der Waals surface area contributed by atoms with Crippen molar-refractivity contribution in [3.05, 3.63) is 0 Å². The Labute approximate surface area is 160 Å². The van der Waals surface area contributed by atoms with Gasteiger partial charge in [-0.05, 0) is 64.1 Å². The summed E-state index contributed by atoms with van der Waals surface area (Å²) in [6.07, 6.45) is 7.66. The molecule has 4 nitrogen and oxygen atoms in total. The molecule has 0 bridgehead atoms. The van der Waals surface area contributed by atoms with Crippen LogP contribution in [0.5, 0.6) is 0 Å². The number of piperidine rings is 1. The molecule has 1 aliphatic rings. The minimum Gasteiger partial charge on any atom is -0.363 e. The van der Waals surface area contributed by atoms with Crippen LogP contribution in [0.4, 0.5) is 0 Å². The van der Waals surface area contributed by atoms with Crippen molar-refractivity contribution in [2.45, 2.75) is 85.1 Å². The van der Waals surface area contributed by atoms with Gasteiger partial charge in [0, 0.05) is 31.6 Å². The standard InChI is InChI=1S/C20H39N3OS/c1-6-7-10-17-12-14-23(15-16(17)2)18(24)11-8-9-13-21-19(25)22-20(3,4)5/h16-17H,6-15H2,1-5H3,(H2,21,22,25). The third-order valence-corrected chi connectivity index (χ3v) is 5.20. The first-order chi connectivity index (χ1) is 11.7. The molecule has 0 saturated carbocycles. The largest absolute Gasteiger partial charge is 0.363 e. The summed E-state index contributed by atoms with van der Waals surface area (Å²) < 4.78 is 0. The Morgan fingerprint density at radius 2 is 1.96 bits per heavy atom. The van der Waals surface area contributed by atoms with Crippen molar-refractivity contribution >= 4 is 23.2 Å². The molecule has 2 unspecified atom stereocenters. The molecule has 2 atom stereocenters. The van der Waals surface area contributed by atoms with Crippen molar-refractivity contribution < 1.29 is 4.79 Å². The molecule has 146 valence electrons. The van der Waals surface area contributed by atoms with Crippen LogP contribution in [0.1, 0.15) is 79.6 Å². The summed E-state index contributed by atoms with van der Waals surface area (Å²) in [6.45, 7) is 13.6. The van der Waals surface area contributed by atoms with Crippen LogP contribution in [0.25, 0.3) is 0 Å². The Hall–Kier alpha value is -0.840. The number of rotatable bonds is 8. The highest BCUT2D eigenvalue weighted by Crippen LogP contribution is 2.28. The molecule has 25 heavy (non-hydrogen) atoms. The second-order valence-corrected chi connectivity index (χ2v) is 9.00. The van der Waals surface area contributed by atoms with Crippen LogP contribution in [0.15, 0.2) is 0 Å². The van der Waals surface area contributed by atoms with Gasteiger partial charge in [-0.15, -0.1) is 0 Å². The fourth-order valence-electron chi connectivity index (χ4n) is 3.46. The molecule has 0 radical (unpaired) electrons. The number of nitrogens with zero attached hydrogens (tertiary/aromatic N) is 1. The highest BCUT2D eigenvalue weighted by molar-refractivity contribution is 7.80. The molecule has 1 amide bonds. The number of thiocarbonyl (C=S) groups is 1. The zero-order valence-electron chi connectivity index (χ0n) is 17.0. The van der Waals surface area contributed by atoms with E-state index in [2.05, 4.69) is 50.2 Å². The van der Waals surface area contributed by atoms with Gasteiger partial charge in [-0.1, -0.05) is 33.1 Å². The first-order valence-electron chi connectivity index (χ1n) is 10.1. The first-order valence-corrected chi connectivity index (χ1v) is 10.5. The monoisotopic (exact) mass is 369 g/mol. The molecule has 1 fully saturated rings. The maximum Gasteiger partial charge on any atom is 0.222 e. The zero-order chi connectivity index (χ0) is 18.9. The van der Waals surface area contributed by atoms with E-state index >= 15 is 0 Å². The molecular formula is C20H39N3OS. The summed E-state index contributed by atoms with van der Waals surface area (Å²) in [7, 11) is 0. The molecule has 1 rings (SSSR count). The van der Waals surface area contributed by atoms with Gasteiger partial charge in [0.05, 0.1) is 0 Å². The van der Waals surface area contributed by atoms with Gasteiger partial charge in [0.2, 0.25) is 5.91 Å². The average Bonchev–Trinajstić information content (AvgIpc) is 2.51. The SMILES string of the molecule is CCCCC1CCN(C(=O)CCCCNC(=S)NC(C)(C)C)CC1C.